The van der Waals surface area contributed by atoms with Gasteiger partial charge in [0.05, 0.1) is 5.69 Å². The lowest BCUT2D eigenvalue weighted by Gasteiger charge is -2.15. The molecule has 6 heteroatoms. The van der Waals surface area contributed by atoms with E-state index in [1.165, 1.54) is 0 Å². The second kappa shape index (κ2) is 8.15. The van der Waals surface area contributed by atoms with Crippen molar-refractivity contribution < 1.29 is 4.79 Å². The van der Waals surface area contributed by atoms with Crippen molar-refractivity contribution in [1.82, 2.24) is 4.57 Å². The topological polar surface area (TPSA) is 63.1 Å². The minimum atomic E-state index is -0.440. The molecule has 0 saturated heterocycles. The predicted octanol–water partition coefficient (Wildman–Crippen LogP) is 4.67. The number of aryl methyl sites for hydroxylation is 1. The predicted molar refractivity (Wildman–Crippen MR) is 102 cm³/mol. The smallest absolute Gasteiger partial charge is 0.311 e. The molecule has 0 aliphatic carbocycles. The van der Waals surface area contributed by atoms with Crippen molar-refractivity contribution in [1.29, 1.82) is 0 Å². The van der Waals surface area contributed by atoms with Crippen LogP contribution in [0.3, 0.4) is 0 Å². The molecule has 0 radical (unpaired) electrons. The Bertz CT molecular complexity index is 799. The number of benzene rings is 1. The maximum absolute atomic E-state index is 12.6. The van der Waals surface area contributed by atoms with Crippen molar-refractivity contribution in [3.05, 3.63) is 56.4 Å². The number of anilines is 2. The normalized spacial score (nSPS) is 10.5. The monoisotopic (exact) mass is 391 g/mol. The van der Waals surface area contributed by atoms with Gasteiger partial charge in [0.1, 0.15) is 5.69 Å². The van der Waals surface area contributed by atoms with E-state index in [9.17, 15) is 9.59 Å². The number of unbranched alkanes of at least 4 members (excludes halogenated alkanes) is 1. The van der Waals surface area contributed by atoms with Crippen LogP contribution in [0.2, 0.25) is 0 Å². The first kappa shape index (κ1) is 18.3. The molecule has 0 bridgehead atoms. The van der Waals surface area contributed by atoms with Gasteiger partial charge in [-0.25, -0.2) is 4.79 Å². The van der Waals surface area contributed by atoms with E-state index in [1.807, 2.05) is 32.0 Å². The number of para-hydroxylation sites is 1. The first-order chi connectivity index (χ1) is 11.4. The molecule has 1 heterocycles. The molecule has 0 unspecified atom stereocenters. The number of nitrogens with zero attached hydrogens (tertiary/aromatic N) is 1. The third-order valence-electron chi connectivity index (χ3n) is 3.92. The van der Waals surface area contributed by atoms with E-state index in [1.54, 1.807) is 16.7 Å². The number of aromatic nitrogens is 1. The van der Waals surface area contributed by atoms with Crippen LogP contribution in [0.15, 0.2) is 39.6 Å². The van der Waals surface area contributed by atoms with Crippen LogP contribution in [0.5, 0.6) is 0 Å². The number of carbonyl (C=O) groups excluding carboxylic acids is 1. The number of hydrogen-bond donors (Lipinski definition) is 2. The minimum absolute atomic E-state index is 0.172. The number of halogens is 1. The van der Waals surface area contributed by atoms with Gasteiger partial charge >= 0.3 is 6.03 Å². The van der Waals surface area contributed by atoms with E-state index in [2.05, 4.69) is 33.5 Å². The maximum atomic E-state index is 12.6. The summed E-state index contributed by atoms with van der Waals surface area (Å²) >= 11 is 3.38. The highest BCUT2D eigenvalue weighted by atomic mass is 79.9. The van der Waals surface area contributed by atoms with Crippen molar-refractivity contribution in [2.75, 3.05) is 10.6 Å². The summed E-state index contributed by atoms with van der Waals surface area (Å²) in [4.78, 5) is 24.8. The first-order valence-electron chi connectivity index (χ1n) is 7.97. The van der Waals surface area contributed by atoms with Gasteiger partial charge in [0.15, 0.2) is 0 Å². The summed E-state index contributed by atoms with van der Waals surface area (Å²) in [6.45, 7) is 6.61. The first-order valence-corrected chi connectivity index (χ1v) is 8.77. The number of amides is 2. The number of carbonyl (C=O) groups is 1. The van der Waals surface area contributed by atoms with Crippen LogP contribution >= 0.6 is 15.9 Å². The van der Waals surface area contributed by atoms with Gasteiger partial charge in [-0.05, 0) is 60.0 Å². The van der Waals surface area contributed by atoms with Crippen molar-refractivity contribution in [2.24, 2.45) is 0 Å². The summed E-state index contributed by atoms with van der Waals surface area (Å²) in [6.07, 6.45) is 1.93. The Labute approximate surface area is 150 Å². The van der Waals surface area contributed by atoms with Gasteiger partial charge in [0.25, 0.3) is 5.56 Å². The van der Waals surface area contributed by atoms with Crippen molar-refractivity contribution in [3.8, 4) is 0 Å². The summed E-state index contributed by atoms with van der Waals surface area (Å²) in [5.74, 6) is 0. The largest absolute Gasteiger partial charge is 0.323 e. The van der Waals surface area contributed by atoms with Crippen LogP contribution in [0.25, 0.3) is 0 Å². The number of urea groups is 1. The zero-order valence-corrected chi connectivity index (χ0v) is 15.7. The Kier molecular flexibility index (Phi) is 6.20. The van der Waals surface area contributed by atoms with E-state index < -0.39 is 6.03 Å². The minimum Gasteiger partial charge on any atom is -0.311 e. The molecule has 5 nitrogen and oxygen atoms in total. The van der Waals surface area contributed by atoms with Crippen molar-refractivity contribution in [3.63, 3.8) is 0 Å². The number of nitrogens with one attached hydrogen (secondary N) is 2. The van der Waals surface area contributed by atoms with Crippen LogP contribution in [0, 0.1) is 13.8 Å². The molecule has 2 aromatic rings. The molecule has 0 spiro atoms. The SMILES string of the molecule is CCCCn1c(C)c(C)cc(NC(=O)Nc2ccccc2Br)c1=O. The van der Waals surface area contributed by atoms with E-state index >= 15 is 0 Å². The van der Waals surface area contributed by atoms with Gasteiger partial charge < -0.3 is 15.2 Å². The summed E-state index contributed by atoms with van der Waals surface area (Å²) in [7, 11) is 0. The zero-order valence-electron chi connectivity index (χ0n) is 14.1. The summed E-state index contributed by atoms with van der Waals surface area (Å²) in [5, 5.41) is 5.40. The summed E-state index contributed by atoms with van der Waals surface area (Å²) in [6, 6.07) is 8.59. The molecule has 0 atom stereocenters. The number of hydrogen-bond acceptors (Lipinski definition) is 2. The third kappa shape index (κ3) is 4.26. The Morgan fingerprint density at radius 1 is 1.17 bits per heavy atom. The Morgan fingerprint density at radius 3 is 2.50 bits per heavy atom. The second-order valence-electron chi connectivity index (χ2n) is 5.70. The van der Waals surface area contributed by atoms with Crippen molar-refractivity contribution >= 4 is 33.3 Å². The summed E-state index contributed by atoms with van der Waals surface area (Å²) < 4.78 is 2.51. The quantitative estimate of drug-likeness (QED) is 0.777. The molecule has 0 saturated carbocycles. The van der Waals surface area contributed by atoms with Gasteiger partial charge in [-0.15, -0.1) is 0 Å². The van der Waals surface area contributed by atoms with Gasteiger partial charge in [-0.2, -0.15) is 0 Å². The molecule has 0 aliphatic heterocycles. The number of pyridine rings is 1. The van der Waals surface area contributed by atoms with E-state index in [0.29, 0.717) is 17.9 Å². The molecule has 128 valence electrons. The Morgan fingerprint density at radius 2 is 1.83 bits per heavy atom. The van der Waals surface area contributed by atoms with E-state index in [0.717, 1.165) is 28.6 Å². The second-order valence-corrected chi connectivity index (χ2v) is 6.55. The van der Waals surface area contributed by atoms with E-state index in [4.69, 9.17) is 0 Å². The van der Waals surface area contributed by atoms with Crippen LogP contribution in [-0.4, -0.2) is 10.6 Å². The lowest BCUT2D eigenvalue weighted by atomic mass is 10.2. The highest BCUT2D eigenvalue weighted by molar-refractivity contribution is 9.10. The fraction of sp³-hybridized carbons (Fsp3) is 0.333. The van der Waals surface area contributed by atoms with Gasteiger partial charge in [0, 0.05) is 16.7 Å². The Balaban J connectivity index is 2.23. The molecular formula is C18H22BrN3O2. The van der Waals surface area contributed by atoms with Crippen LogP contribution in [0.1, 0.15) is 31.0 Å². The molecule has 24 heavy (non-hydrogen) atoms. The van der Waals surface area contributed by atoms with E-state index in [-0.39, 0.29) is 5.56 Å². The molecule has 1 aromatic heterocycles. The molecular weight excluding hydrogens is 370 g/mol. The summed E-state index contributed by atoms with van der Waals surface area (Å²) in [5.41, 5.74) is 2.67. The fourth-order valence-electron chi connectivity index (χ4n) is 2.41. The molecule has 2 rings (SSSR count). The van der Waals surface area contributed by atoms with Crippen LogP contribution < -0.4 is 16.2 Å². The number of rotatable bonds is 5. The molecule has 2 N–H and O–H groups in total. The Hall–Kier alpha value is -2.08. The molecule has 0 fully saturated rings. The van der Waals surface area contributed by atoms with Crippen LogP contribution in [0.4, 0.5) is 16.2 Å². The van der Waals surface area contributed by atoms with Crippen molar-refractivity contribution in [2.45, 2.75) is 40.2 Å². The lowest BCUT2D eigenvalue weighted by Crippen LogP contribution is -2.30. The lowest BCUT2D eigenvalue weighted by molar-refractivity contribution is 0.262. The van der Waals surface area contributed by atoms with Crippen LogP contribution in [-0.2, 0) is 6.54 Å². The van der Waals surface area contributed by atoms with Gasteiger partial charge in [0.2, 0.25) is 0 Å². The zero-order chi connectivity index (χ0) is 17.7. The molecule has 1 aromatic carbocycles. The average Bonchev–Trinajstić information content (AvgIpc) is 2.55. The molecule has 2 amide bonds. The third-order valence-corrected chi connectivity index (χ3v) is 4.61. The van der Waals surface area contributed by atoms with Gasteiger partial charge in [-0.1, -0.05) is 25.5 Å². The highest BCUT2D eigenvalue weighted by Crippen LogP contribution is 2.21. The fourth-order valence-corrected chi connectivity index (χ4v) is 2.79. The maximum Gasteiger partial charge on any atom is 0.323 e. The molecule has 0 aliphatic rings. The average molecular weight is 392 g/mol. The van der Waals surface area contributed by atoms with Gasteiger partial charge in [-0.3, -0.25) is 4.79 Å². The standard InChI is InChI=1S/C18H22BrN3O2/c1-4-5-10-22-13(3)12(2)11-16(17(22)23)21-18(24)20-15-9-7-6-8-14(15)19/h6-9,11H,4-5,10H2,1-3H3,(H2,20,21,24). The highest BCUT2D eigenvalue weighted by Gasteiger charge is 2.12.